The first kappa shape index (κ1) is 16.0. The predicted molar refractivity (Wildman–Crippen MR) is 91.0 cm³/mol. The number of benzene rings is 1. The van der Waals surface area contributed by atoms with Crippen LogP contribution in [0.15, 0.2) is 30.5 Å². The SMILES string of the molecule is Cc1nn(-c2ccc(Cl)cc2)cc1C(=O)NC1CCCC1CN. The van der Waals surface area contributed by atoms with E-state index in [1.165, 1.54) is 0 Å². The van der Waals surface area contributed by atoms with Crippen LogP contribution in [0.5, 0.6) is 0 Å². The van der Waals surface area contributed by atoms with Gasteiger partial charge in [0.15, 0.2) is 0 Å². The molecular formula is C17H21ClN4O. The molecule has 3 N–H and O–H groups in total. The van der Waals surface area contributed by atoms with Crippen LogP contribution in [0.4, 0.5) is 0 Å². The molecule has 1 saturated carbocycles. The lowest BCUT2D eigenvalue weighted by Crippen LogP contribution is -2.39. The molecule has 1 aromatic carbocycles. The van der Waals surface area contributed by atoms with Gasteiger partial charge in [-0.3, -0.25) is 4.79 Å². The number of aryl methyl sites for hydroxylation is 1. The number of amides is 1. The van der Waals surface area contributed by atoms with Crippen molar-refractivity contribution in [1.82, 2.24) is 15.1 Å². The maximum Gasteiger partial charge on any atom is 0.254 e. The molecule has 0 spiro atoms. The summed E-state index contributed by atoms with van der Waals surface area (Å²) in [4.78, 5) is 12.6. The van der Waals surface area contributed by atoms with Crippen molar-refractivity contribution >= 4 is 17.5 Å². The van der Waals surface area contributed by atoms with Crippen molar-refractivity contribution in [1.29, 1.82) is 0 Å². The van der Waals surface area contributed by atoms with Gasteiger partial charge in [0.25, 0.3) is 5.91 Å². The number of nitrogens with zero attached hydrogens (tertiary/aromatic N) is 2. The second-order valence-corrected chi connectivity index (χ2v) is 6.49. The summed E-state index contributed by atoms with van der Waals surface area (Å²) in [6, 6.07) is 7.52. The molecule has 0 aliphatic heterocycles. The van der Waals surface area contributed by atoms with Crippen molar-refractivity contribution < 1.29 is 4.79 Å². The van der Waals surface area contributed by atoms with Crippen molar-refractivity contribution in [3.05, 3.63) is 46.7 Å². The van der Waals surface area contributed by atoms with Gasteiger partial charge in [0.2, 0.25) is 0 Å². The van der Waals surface area contributed by atoms with Crippen molar-refractivity contribution in [2.45, 2.75) is 32.2 Å². The van der Waals surface area contributed by atoms with Gasteiger partial charge in [0.05, 0.1) is 16.9 Å². The minimum absolute atomic E-state index is 0.0759. The van der Waals surface area contributed by atoms with E-state index < -0.39 is 0 Å². The van der Waals surface area contributed by atoms with E-state index in [1.807, 2.05) is 19.1 Å². The van der Waals surface area contributed by atoms with Gasteiger partial charge in [-0.1, -0.05) is 18.0 Å². The molecule has 0 bridgehead atoms. The van der Waals surface area contributed by atoms with Gasteiger partial charge in [-0.15, -0.1) is 0 Å². The molecule has 2 aromatic rings. The highest BCUT2D eigenvalue weighted by Gasteiger charge is 2.28. The lowest BCUT2D eigenvalue weighted by molar-refractivity contribution is 0.0928. The van der Waals surface area contributed by atoms with Crippen LogP contribution < -0.4 is 11.1 Å². The molecule has 1 aliphatic rings. The molecule has 1 fully saturated rings. The number of hydrogen-bond donors (Lipinski definition) is 2. The molecule has 6 heteroatoms. The third kappa shape index (κ3) is 3.41. The topological polar surface area (TPSA) is 72.9 Å². The van der Waals surface area contributed by atoms with E-state index in [2.05, 4.69) is 10.4 Å². The zero-order chi connectivity index (χ0) is 16.4. The number of halogens is 1. The van der Waals surface area contributed by atoms with Gasteiger partial charge in [-0.2, -0.15) is 5.10 Å². The first-order chi connectivity index (χ1) is 11.1. The largest absolute Gasteiger partial charge is 0.349 e. The maximum atomic E-state index is 12.6. The zero-order valence-electron chi connectivity index (χ0n) is 13.1. The third-order valence-corrected chi connectivity index (χ3v) is 4.76. The molecule has 2 atom stereocenters. The molecule has 0 saturated heterocycles. The minimum atomic E-state index is -0.0759. The molecule has 1 aliphatic carbocycles. The Morgan fingerprint density at radius 2 is 2.13 bits per heavy atom. The molecule has 1 amide bonds. The number of nitrogens with one attached hydrogen (secondary N) is 1. The summed E-state index contributed by atoms with van der Waals surface area (Å²) in [5.74, 6) is 0.304. The Balaban J connectivity index is 1.77. The van der Waals surface area contributed by atoms with E-state index in [9.17, 15) is 4.79 Å². The molecular weight excluding hydrogens is 312 g/mol. The van der Waals surface area contributed by atoms with Crippen LogP contribution in [-0.4, -0.2) is 28.3 Å². The van der Waals surface area contributed by atoms with Gasteiger partial charge in [0.1, 0.15) is 0 Å². The van der Waals surface area contributed by atoms with Crippen LogP contribution in [0.3, 0.4) is 0 Å². The Bertz CT molecular complexity index is 695. The average molecular weight is 333 g/mol. The Morgan fingerprint density at radius 1 is 1.39 bits per heavy atom. The van der Waals surface area contributed by atoms with Crippen LogP contribution in [0.1, 0.15) is 35.3 Å². The quantitative estimate of drug-likeness (QED) is 0.904. The van der Waals surface area contributed by atoms with Crippen LogP contribution in [0.2, 0.25) is 5.02 Å². The van der Waals surface area contributed by atoms with Gasteiger partial charge in [-0.05, 0) is 56.5 Å². The third-order valence-electron chi connectivity index (χ3n) is 4.51. The fraction of sp³-hybridized carbons (Fsp3) is 0.412. The number of hydrogen-bond acceptors (Lipinski definition) is 3. The molecule has 1 aromatic heterocycles. The Kier molecular flexibility index (Phi) is 4.68. The number of rotatable bonds is 4. The number of carbonyl (C=O) groups is 1. The number of carbonyl (C=O) groups excluding carboxylic acids is 1. The monoisotopic (exact) mass is 332 g/mol. The first-order valence-corrected chi connectivity index (χ1v) is 8.29. The van der Waals surface area contributed by atoms with Gasteiger partial charge < -0.3 is 11.1 Å². The van der Waals surface area contributed by atoms with E-state index in [0.717, 1.165) is 24.9 Å². The predicted octanol–water partition coefficient (Wildman–Crippen LogP) is 2.69. The highest BCUT2D eigenvalue weighted by atomic mass is 35.5. The first-order valence-electron chi connectivity index (χ1n) is 7.91. The standard InChI is InChI=1S/C17H21ClN4O/c1-11-15(17(23)20-16-4-2-3-12(16)9-19)10-22(21-11)14-7-5-13(18)6-8-14/h5-8,10,12,16H,2-4,9,19H2,1H3,(H,20,23). The second-order valence-electron chi connectivity index (χ2n) is 6.06. The highest BCUT2D eigenvalue weighted by molar-refractivity contribution is 6.30. The van der Waals surface area contributed by atoms with Crippen molar-refractivity contribution in [2.75, 3.05) is 6.54 Å². The summed E-state index contributed by atoms with van der Waals surface area (Å²) in [5, 5.41) is 8.22. The van der Waals surface area contributed by atoms with E-state index in [0.29, 0.717) is 28.7 Å². The molecule has 5 nitrogen and oxygen atoms in total. The molecule has 23 heavy (non-hydrogen) atoms. The van der Waals surface area contributed by atoms with Crippen molar-refractivity contribution in [3.63, 3.8) is 0 Å². The molecule has 122 valence electrons. The summed E-state index contributed by atoms with van der Waals surface area (Å²) >= 11 is 5.90. The van der Waals surface area contributed by atoms with Gasteiger partial charge >= 0.3 is 0 Å². The second kappa shape index (κ2) is 6.72. The summed E-state index contributed by atoms with van der Waals surface area (Å²) < 4.78 is 1.70. The number of aromatic nitrogens is 2. The van der Waals surface area contributed by atoms with Crippen LogP contribution in [0.25, 0.3) is 5.69 Å². The Labute approximate surface area is 140 Å². The summed E-state index contributed by atoms with van der Waals surface area (Å²) in [6.45, 7) is 2.46. The normalized spacial score (nSPS) is 20.7. The lowest BCUT2D eigenvalue weighted by Gasteiger charge is -2.19. The molecule has 2 unspecified atom stereocenters. The van der Waals surface area contributed by atoms with E-state index in [1.54, 1.807) is 23.0 Å². The number of nitrogens with two attached hydrogens (primary N) is 1. The maximum absolute atomic E-state index is 12.6. The van der Waals surface area contributed by atoms with Crippen LogP contribution >= 0.6 is 11.6 Å². The van der Waals surface area contributed by atoms with Crippen molar-refractivity contribution in [2.24, 2.45) is 11.7 Å². The van der Waals surface area contributed by atoms with E-state index in [-0.39, 0.29) is 11.9 Å². The summed E-state index contributed by atoms with van der Waals surface area (Å²) in [7, 11) is 0. The van der Waals surface area contributed by atoms with Gasteiger partial charge in [-0.25, -0.2) is 4.68 Å². The molecule has 1 heterocycles. The summed E-state index contributed by atoms with van der Waals surface area (Å²) in [5.41, 5.74) is 7.96. The van der Waals surface area contributed by atoms with Gasteiger partial charge in [0, 0.05) is 17.3 Å². The Hall–Kier alpha value is -1.85. The summed E-state index contributed by atoms with van der Waals surface area (Å²) in [6.07, 6.45) is 4.97. The average Bonchev–Trinajstić information content (AvgIpc) is 3.14. The van der Waals surface area contributed by atoms with E-state index >= 15 is 0 Å². The van der Waals surface area contributed by atoms with Crippen LogP contribution in [-0.2, 0) is 0 Å². The zero-order valence-corrected chi connectivity index (χ0v) is 13.9. The minimum Gasteiger partial charge on any atom is -0.349 e. The fourth-order valence-electron chi connectivity index (χ4n) is 3.16. The molecule has 0 radical (unpaired) electrons. The molecule has 3 rings (SSSR count). The van der Waals surface area contributed by atoms with Crippen LogP contribution in [0, 0.1) is 12.8 Å². The fourth-order valence-corrected chi connectivity index (χ4v) is 3.29. The smallest absolute Gasteiger partial charge is 0.254 e. The highest BCUT2D eigenvalue weighted by Crippen LogP contribution is 2.25. The van der Waals surface area contributed by atoms with Crippen molar-refractivity contribution in [3.8, 4) is 5.69 Å². The Morgan fingerprint density at radius 3 is 2.83 bits per heavy atom. The van der Waals surface area contributed by atoms with E-state index in [4.69, 9.17) is 17.3 Å². The lowest BCUT2D eigenvalue weighted by atomic mass is 10.0.